The normalized spacial score (nSPS) is 25.0. The van der Waals surface area contributed by atoms with Gasteiger partial charge in [-0.1, -0.05) is 12.1 Å². The van der Waals surface area contributed by atoms with Gasteiger partial charge < -0.3 is 19.6 Å². The van der Waals surface area contributed by atoms with Crippen molar-refractivity contribution < 1.29 is 13.7 Å². The van der Waals surface area contributed by atoms with E-state index in [0.29, 0.717) is 37.3 Å². The highest BCUT2D eigenvalue weighted by molar-refractivity contribution is 5.93. The fourth-order valence-electron chi connectivity index (χ4n) is 4.91. The van der Waals surface area contributed by atoms with Crippen LogP contribution < -0.4 is 10.2 Å². The predicted octanol–water partition coefficient (Wildman–Crippen LogP) is 3.41. The molecule has 3 fully saturated rings. The van der Waals surface area contributed by atoms with E-state index >= 15 is 0 Å². The Balaban J connectivity index is 1.19. The first-order valence-corrected chi connectivity index (χ1v) is 12.3. The van der Waals surface area contributed by atoms with Crippen LogP contribution in [0.1, 0.15) is 57.7 Å². The van der Waals surface area contributed by atoms with Crippen molar-refractivity contribution in [3.63, 3.8) is 0 Å². The number of piperazine rings is 1. The fourth-order valence-corrected chi connectivity index (χ4v) is 4.91. The number of amides is 2. The van der Waals surface area contributed by atoms with Crippen LogP contribution in [0.15, 0.2) is 23.0 Å². The molecule has 10 heteroatoms. The van der Waals surface area contributed by atoms with E-state index in [4.69, 9.17) is 4.52 Å². The summed E-state index contributed by atoms with van der Waals surface area (Å²) in [5, 5.41) is 7.22. The number of anilines is 2. The number of nitrogens with one attached hydrogen (secondary N) is 1. The molecule has 5 rings (SSSR count). The lowest BCUT2D eigenvalue weighted by Crippen LogP contribution is -2.49. The van der Waals surface area contributed by atoms with Crippen molar-refractivity contribution in [2.45, 2.75) is 63.6 Å². The third kappa shape index (κ3) is 4.60. The second kappa shape index (κ2) is 9.13. The number of likely N-dealkylation sites (tertiary alicyclic amines) is 1. The Labute approximate surface area is 199 Å². The average Bonchev–Trinajstić information content (AvgIpc) is 3.36. The van der Waals surface area contributed by atoms with Crippen molar-refractivity contribution in [1.82, 2.24) is 24.9 Å². The predicted molar refractivity (Wildman–Crippen MR) is 127 cm³/mol. The van der Waals surface area contributed by atoms with E-state index in [-0.39, 0.29) is 17.4 Å². The van der Waals surface area contributed by atoms with Crippen LogP contribution in [0.3, 0.4) is 0 Å². The summed E-state index contributed by atoms with van der Waals surface area (Å²) in [4.78, 5) is 28.4. The summed E-state index contributed by atoms with van der Waals surface area (Å²) in [5.74, 6) is 0.789. The van der Waals surface area contributed by atoms with Crippen LogP contribution in [-0.2, 0) is 5.41 Å². The number of urea groups is 1. The number of hydrogen-bond donors (Lipinski definition) is 1. The zero-order valence-corrected chi connectivity index (χ0v) is 20.2. The maximum absolute atomic E-state index is 13.3. The Hall–Kier alpha value is -2.75. The Bertz CT molecular complexity index is 1010. The minimum Gasteiger partial charge on any atom is -0.367 e. The first kappa shape index (κ1) is 23.0. The molecule has 1 saturated carbocycles. The molecule has 2 amide bonds. The Kier molecular flexibility index (Phi) is 6.18. The maximum atomic E-state index is 13.3. The summed E-state index contributed by atoms with van der Waals surface area (Å²) < 4.78 is 18.6. The molecule has 0 spiro atoms. The molecule has 184 valence electrons. The quantitative estimate of drug-likeness (QED) is 0.715. The summed E-state index contributed by atoms with van der Waals surface area (Å²) in [7, 11) is 0. The van der Waals surface area contributed by atoms with E-state index < -0.39 is 6.17 Å². The highest BCUT2D eigenvalue weighted by Gasteiger charge is 2.45. The van der Waals surface area contributed by atoms with Crippen LogP contribution in [0.2, 0.25) is 0 Å². The monoisotopic (exact) mass is 471 g/mol. The lowest BCUT2D eigenvalue weighted by Gasteiger charge is -2.39. The van der Waals surface area contributed by atoms with Gasteiger partial charge in [-0.05, 0) is 39.2 Å². The first-order chi connectivity index (χ1) is 16.3. The first-order valence-electron chi connectivity index (χ1n) is 12.3. The van der Waals surface area contributed by atoms with Gasteiger partial charge in [-0.3, -0.25) is 9.88 Å². The number of aromatic nitrogens is 3. The molecule has 3 aliphatic rings. The van der Waals surface area contributed by atoms with E-state index in [0.717, 1.165) is 50.4 Å². The number of hydrogen-bond acceptors (Lipinski definition) is 7. The van der Waals surface area contributed by atoms with Gasteiger partial charge in [0.1, 0.15) is 6.17 Å². The number of carbonyl (C=O) groups is 1. The molecule has 34 heavy (non-hydrogen) atoms. The number of pyridine rings is 1. The molecular formula is C24H34FN7O2. The van der Waals surface area contributed by atoms with Crippen LogP contribution in [-0.4, -0.2) is 82.4 Å². The molecule has 9 nitrogen and oxygen atoms in total. The maximum Gasteiger partial charge on any atom is 0.321 e. The Morgan fingerprint density at radius 1 is 1.21 bits per heavy atom. The van der Waals surface area contributed by atoms with Gasteiger partial charge in [0.15, 0.2) is 5.82 Å². The Morgan fingerprint density at radius 3 is 2.56 bits per heavy atom. The van der Waals surface area contributed by atoms with Crippen molar-refractivity contribution in [2.75, 3.05) is 49.5 Å². The van der Waals surface area contributed by atoms with Gasteiger partial charge in [-0.2, -0.15) is 4.98 Å². The molecular weight excluding hydrogens is 437 g/mol. The Morgan fingerprint density at radius 2 is 1.91 bits per heavy atom. The van der Waals surface area contributed by atoms with Crippen molar-refractivity contribution in [3.8, 4) is 0 Å². The molecule has 4 heterocycles. The van der Waals surface area contributed by atoms with E-state index in [1.54, 1.807) is 12.4 Å². The molecule has 2 saturated heterocycles. The largest absolute Gasteiger partial charge is 0.367 e. The number of rotatable bonds is 5. The minimum absolute atomic E-state index is 0.121. The van der Waals surface area contributed by atoms with Gasteiger partial charge in [0.05, 0.1) is 23.5 Å². The van der Waals surface area contributed by atoms with E-state index in [1.807, 2.05) is 11.0 Å². The molecule has 1 aliphatic carbocycles. The van der Waals surface area contributed by atoms with Crippen LogP contribution >= 0.6 is 0 Å². The lowest BCUT2D eigenvalue weighted by atomic mass is 9.80. The number of nitrogens with zero attached hydrogens (tertiary/aromatic N) is 6. The van der Waals surface area contributed by atoms with Gasteiger partial charge >= 0.3 is 6.03 Å². The van der Waals surface area contributed by atoms with Crippen molar-refractivity contribution in [3.05, 3.63) is 30.2 Å². The van der Waals surface area contributed by atoms with E-state index in [1.165, 1.54) is 0 Å². The van der Waals surface area contributed by atoms with Crippen molar-refractivity contribution in [1.29, 1.82) is 0 Å². The summed E-state index contributed by atoms with van der Waals surface area (Å²) in [6.07, 6.45) is 4.56. The zero-order valence-electron chi connectivity index (χ0n) is 20.2. The third-order valence-electron chi connectivity index (χ3n) is 7.59. The molecule has 2 aliphatic heterocycles. The SMILES string of the molecule is CC(C)N1CCN(c2ccncc2NC(=O)N2CCC(C)(c3noc([C@@H]4C[C@@H]4F)n3)CC2)CC1. The highest BCUT2D eigenvalue weighted by Crippen LogP contribution is 2.43. The number of carbonyl (C=O) groups excluding carboxylic acids is 1. The third-order valence-corrected chi connectivity index (χ3v) is 7.59. The van der Waals surface area contributed by atoms with Gasteiger partial charge in [-0.15, -0.1) is 0 Å². The van der Waals surface area contributed by atoms with Crippen LogP contribution in [0.4, 0.5) is 20.6 Å². The van der Waals surface area contributed by atoms with E-state index in [9.17, 15) is 9.18 Å². The average molecular weight is 472 g/mol. The molecule has 2 aromatic rings. The van der Waals surface area contributed by atoms with Crippen molar-refractivity contribution >= 4 is 17.4 Å². The summed E-state index contributed by atoms with van der Waals surface area (Å²) in [5.41, 5.74) is 1.47. The molecule has 0 aromatic carbocycles. The zero-order chi connectivity index (χ0) is 23.9. The lowest BCUT2D eigenvalue weighted by molar-refractivity contribution is 0.169. The van der Waals surface area contributed by atoms with Crippen LogP contribution in [0, 0.1) is 0 Å². The van der Waals surface area contributed by atoms with Crippen molar-refractivity contribution in [2.24, 2.45) is 0 Å². The summed E-state index contributed by atoms with van der Waals surface area (Å²) in [6, 6.07) is 2.39. The number of piperidine rings is 1. The van der Waals surface area contributed by atoms with Gasteiger partial charge in [-0.25, -0.2) is 9.18 Å². The number of halogens is 1. The smallest absolute Gasteiger partial charge is 0.321 e. The van der Waals surface area contributed by atoms with E-state index in [2.05, 4.69) is 51.0 Å². The molecule has 2 aromatic heterocycles. The second-order valence-corrected chi connectivity index (χ2v) is 10.3. The molecule has 1 N–H and O–H groups in total. The summed E-state index contributed by atoms with van der Waals surface area (Å²) in [6.45, 7) is 11.6. The van der Waals surface area contributed by atoms with Gasteiger partial charge in [0, 0.05) is 56.9 Å². The molecule has 2 atom stereocenters. The van der Waals surface area contributed by atoms with Gasteiger partial charge in [0.2, 0.25) is 5.89 Å². The minimum atomic E-state index is -0.858. The highest BCUT2D eigenvalue weighted by atomic mass is 19.1. The van der Waals surface area contributed by atoms with Gasteiger partial charge in [0.25, 0.3) is 0 Å². The van der Waals surface area contributed by atoms with Crippen LogP contribution in [0.25, 0.3) is 0 Å². The molecule has 0 bridgehead atoms. The molecule has 0 radical (unpaired) electrons. The van der Waals surface area contributed by atoms with Crippen LogP contribution in [0.5, 0.6) is 0 Å². The number of alkyl halides is 1. The second-order valence-electron chi connectivity index (χ2n) is 10.3. The molecule has 0 unspecified atom stereocenters. The fraction of sp³-hybridized carbons (Fsp3) is 0.667. The summed E-state index contributed by atoms with van der Waals surface area (Å²) >= 11 is 0. The standard InChI is InChI=1S/C24H34FN7O2/c1-16(2)30-10-12-31(13-11-30)20-4-7-26-15-19(20)27-23(33)32-8-5-24(3,6-9-32)22-28-21(34-29-22)17-14-18(17)25/h4,7,15-18H,5-6,8-14H2,1-3H3,(H,27,33)/t17-,18+/m1/s1. The topological polar surface area (TPSA) is 90.6 Å².